The Labute approximate surface area is 173 Å². The first-order valence-electron chi connectivity index (χ1n) is 9.58. The molecule has 4 rings (SSSR count). The number of hydrogen-bond acceptors (Lipinski definition) is 5. The van der Waals surface area contributed by atoms with Crippen LogP contribution in [0.4, 0.5) is 0 Å². The molecular formula is C22H24N2O2S2. The lowest BCUT2D eigenvalue weighted by Gasteiger charge is -2.25. The van der Waals surface area contributed by atoms with E-state index in [1.165, 1.54) is 10.4 Å². The van der Waals surface area contributed by atoms with Crippen molar-refractivity contribution in [3.05, 3.63) is 62.9 Å². The van der Waals surface area contributed by atoms with Crippen LogP contribution in [-0.2, 0) is 11.3 Å². The average molecular weight is 413 g/mol. The molecule has 1 atom stereocenters. The van der Waals surface area contributed by atoms with Crippen molar-refractivity contribution in [2.45, 2.75) is 39.3 Å². The first-order chi connectivity index (χ1) is 13.6. The number of nitrogens with zero attached hydrogens (tertiary/aromatic N) is 2. The van der Waals surface area contributed by atoms with Crippen molar-refractivity contribution in [2.75, 3.05) is 13.2 Å². The Kier molecular flexibility index (Phi) is 5.90. The largest absolute Gasteiger partial charge is 0.376 e. The van der Waals surface area contributed by atoms with E-state index in [-0.39, 0.29) is 12.0 Å². The van der Waals surface area contributed by atoms with Gasteiger partial charge in [0.15, 0.2) is 0 Å². The fourth-order valence-electron chi connectivity index (χ4n) is 3.50. The number of thiophene rings is 1. The van der Waals surface area contributed by atoms with Crippen LogP contribution in [0.25, 0.3) is 10.4 Å². The maximum absolute atomic E-state index is 13.6. The van der Waals surface area contributed by atoms with Crippen LogP contribution in [-0.4, -0.2) is 35.0 Å². The predicted octanol–water partition coefficient (Wildman–Crippen LogP) is 5.31. The van der Waals surface area contributed by atoms with Crippen LogP contribution in [0.5, 0.6) is 0 Å². The van der Waals surface area contributed by atoms with Gasteiger partial charge in [0, 0.05) is 18.0 Å². The Morgan fingerprint density at radius 2 is 2.07 bits per heavy atom. The van der Waals surface area contributed by atoms with Gasteiger partial charge in [-0.1, -0.05) is 30.3 Å². The zero-order valence-corrected chi connectivity index (χ0v) is 17.8. The highest BCUT2D eigenvalue weighted by atomic mass is 32.1. The fourth-order valence-corrected chi connectivity index (χ4v) is 5.34. The van der Waals surface area contributed by atoms with E-state index in [9.17, 15) is 4.79 Å². The quantitative estimate of drug-likeness (QED) is 0.551. The zero-order valence-electron chi connectivity index (χ0n) is 16.2. The second-order valence-corrected chi connectivity index (χ2v) is 9.33. The third kappa shape index (κ3) is 4.19. The van der Waals surface area contributed by atoms with E-state index in [0.29, 0.717) is 18.8 Å². The average Bonchev–Trinajstić information content (AvgIpc) is 3.44. The summed E-state index contributed by atoms with van der Waals surface area (Å²) in [7, 11) is 0. The van der Waals surface area contributed by atoms with Crippen LogP contribution in [0, 0.1) is 13.8 Å². The normalized spacial score (nSPS) is 16.4. The highest BCUT2D eigenvalue weighted by Crippen LogP contribution is 2.32. The number of thiazole rings is 1. The summed E-state index contributed by atoms with van der Waals surface area (Å²) >= 11 is 3.28. The van der Waals surface area contributed by atoms with Crippen molar-refractivity contribution in [2.24, 2.45) is 0 Å². The summed E-state index contributed by atoms with van der Waals surface area (Å²) in [6.07, 6.45) is 2.19. The lowest BCUT2D eigenvalue weighted by Crippen LogP contribution is -2.37. The summed E-state index contributed by atoms with van der Waals surface area (Å²) in [4.78, 5) is 22.3. The highest BCUT2D eigenvalue weighted by Gasteiger charge is 2.28. The second-order valence-electron chi connectivity index (χ2n) is 7.12. The van der Waals surface area contributed by atoms with Gasteiger partial charge >= 0.3 is 0 Å². The van der Waals surface area contributed by atoms with E-state index >= 15 is 0 Å². The van der Waals surface area contributed by atoms with Gasteiger partial charge in [-0.2, -0.15) is 0 Å². The Morgan fingerprint density at radius 1 is 1.25 bits per heavy atom. The summed E-state index contributed by atoms with van der Waals surface area (Å²) in [5, 5.41) is 2.99. The third-order valence-corrected chi connectivity index (χ3v) is 7.04. The molecule has 0 bridgehead atoms. The van der Waals surface area contributed by atoms with Crippen LogP contribution in [0.15, 0.2) is 41.8 Å². The van der Waals surface area contributed by atoms with Crippen LogP contribution in [0.3, 0.4) is 0 Å². The molecule has 0 spiro atoms. The van der Waals surface area contributed by atoms with Crippen molar-refractivity contribution < 1.29 is 9.53 Å². The summed E-state index contributed by atoms with van der Waals surface area (Å²) in [6, 6.07) is 12.2. The molecular weight excluding hydrogens is 388 g/mol. The number of benzene rings is 1. The maximum atomic E-state index is 13.6. The summed E-state index contributed by atoms with van der Waals surface area (Å²) in [6.45, 7) is 6.06. The topological polar surface area (TPSA) is 42.4 Å². The molecule has 3 aromatic rings. The van der Waals surface area contributed by atoms with Gasteiger partial charge in [0.1, 0.15) is 5.69 Å². The molecule has 146 valence electrons. The van der Waals surface area contributed by atoms with Crippen LogP contribution < -0.4 is 0 Å². The van der Waals surface area contributed by atoms with Gasteiger partial charge in [-0.15, -0.1) is 22.7 Å². The molecule has 0 aliphatic carbocycles. The van der Waals surface area contributed by atoms with Gasteiger partial charge in [-0.05, 0) is 49.3 Å². The highest BCUT2D eigenvalue weighted by molar-refractivity contribution is 7.15. The predicted molar refractivity (Wildman–Crippen MR) is 115 cm³/mol. The number of rotatable bonds is 6. The molecule has 4 nitrogen and oxygen atoms in total. The molecule has 28 heavy (non-hydrogen) atoms. The van der Waals surface area contributed by atoms with E-state index in [1.807, 2.05) is 42.2 Å². The Hall–Kier alpha value is -2.02. The smallest absolute Gasteiger partial charge is 0.274 e. The van der Waals surface area contributed by atoms with E-state index in [1.54, 1.807) is 22.7 Å². The third-order valence-electron chi connectivity index (χ3n) is 5.01. The Bertz CT molecular complexity index is 943. The number of aryl methyl sites for hydroxylation is 2. The Morgan fingerprint density at radius 3 is 2.75 bits per heavy atom. The van der Waals surface area contributed by atoms with Crippen molar-refractivity contribution in [1.29, 1.82) is 0 Å². The van der Waals surface area contributed by atoms with Crippen molar-refractivity contribution in [3.63, 3.8) is 0 Å². The second kappa shape index (κ2) is 8.55. The molecule has 1 amide bonds. The number of amides is 1. The van der Waals surface area contributed by atoms with E-state index in [4.69, 9.17) is 4.74 Å². The van der Waals surface area contributed by atoms with Gasteiger partial charge < -0.3 is 9.64 Å². The van der Waals surface area contributed by atoms with E-state index in [2.05, 4.69) is 23.4 Å². The molecule has 1 aliphatic heterocycles. The van der Waals surface area contributed by atoms with Gasteiger partial charge in [-0.25, -0.2) is 4.98 Å². The molecule has 1 aromatic carbocycles. The minimum absolute atomic E-state index is 0.00787. The molecule has 2 aromatic heterocycles. The molecule has 0 N–H and O–H groups in total. The van der Waals surface area contributed by atoms with Gasteiger partial charge in [0.05, 0.1) is 22.5 Å². The summed E-state index contributed by atoms with van der Waals surface area (Å²) in [5.41, 5.74) is 2.83. The number of hydrogen-bond donors (Lipinski definition) is 0. The van der Waals surface area contributed by atoms with Gasteiger partial charge in [0.25, 0.3) is 5.91 Å². The van der Waals surface area contributed by atoms with Crippen LogP contribution >= 0.6 is 22.7 Å². The minimum atomic E-state index is -0.00787. The molecule has 0 radical (unpaired) electrons. The molecule has 1 fully saturated rings. The molecule has 0 saturated carbocycles. The van der Waals surface area contributed by atoms with Gasteiger partial charge in [0.2, 0.25) is 0 Å². The van der Waals surface area contributed by atoms with E-state index in [0.717, 1.165) is 34.9 Å². The van der Waals surface area contributed by atoms with Crippen LogP contribution in [0.1, 0.15) is 38.8 Å². The molecule has 1 unspecified atom stereocenters. The molecule has 1 aliphatic rings. The zero-order chi connectivity index (χ0) is 19.5. The number of carbonyl (C=O) groups is 1. The van der Waals surface area contributed by atoms with Gasteiger partial charge in [-0.3, -0.25) is 4.79 Å². The first kappa shape index (κ1) is 19.3. The van der Waals surface area contributed by atoms with Crippen LogP contribution in [0.2, 0.25) is 0 Å². The fraction of sp³-hybridized carbons (Fsp3) is 0.364. The molecule has 3 heterocycles. The number of ether oxygens (including phenoxy) is 1. The van der Waals surface area contributed by atoms with Crippen molar-refractivity contribution in [1.82, 2.24) is 9.88 Å². The SMILES string of the molecule is Cc1nc(C(=O)N(Cc2sccc2C)CC2CCCO2)c(-c2ccccc2)s1. The molecule has 6 heteroatoms. The van der Waals surface area contributed by atoms with Crippen molar-refractivity contribution in [3.8, 4) is 10.4 Å². The summed E-state index contributed by atoms with van der Waals surface area (Å²) in [5.74, 6) is -0.00787. The summed E-state index contributed by atoms with van der Waals surface area (Å²) < 4.78 is 5.83. The maximum Gasteiger partial charge on any atom is 0.274 e. The lowest BCUT2D eigenvalue weighted by atomic mass is 10.1. The lowest BCUT2D eigenvalue weighted by molar-refractivity contribution is 0.0506. The monoisotopic (exact) mass is 412 g/mol. The van der Waals surface area contributed by atoms with E-state index < -0.39 is 0 Å². The number of aromatic nitrogens is 1. The molecule has 1 saturated heterocycles. The minimum Gasteiger partial charge on any atom is -0.376 e. The van der Waals surface area contributed by atoms with Crippen molar-refractivity contribution >= 4 is 28.6 Å². The Balaban J connectivity index is 1.66. The first-order valence-corrected chi connectivity index (χ1v) is 11.3. The number of carbonyl (C=O) groups excluding carboxylic acids is 1. The standard InChI is InChI=1S/C22H24N2O2S2/c1-15-10-12-27-19(15)14-24(13-18-9-6-11-26-18)22(25)20-21(28-16(2)23-20)17-7-4-3-5-8-17/h3-5,7-8,10,12,18H,6,9,11,13-14H2,1-2H3.